The van der Waals surface area contributed by atoms with Crippen molar-refractivity contribution in [3.8, 4) is 5.75 Å². The molecule has 10 heteroatoms. The second kappa shape index (κ2) is 10.3. The fourth-order valence-electron chi connectivity index (χ4n) is 4.32. The maximum atomic E-state index is 13.2. The van der Waals surface area contributed by atoms with Gasteiger partial charge in [-0.1, -0.05) is 42.0 Å². The zero-order chi connectivity index (χ0) is 26.8. The number of amides is 1. The first-order valence-electron chi connectivity index (χ1n) is 11.6. The number of aliphatic hydroxyl groups excluding tert-OH is 1. The first-order valence-corrected chi connectivity index (χ1v) is 12.4. The summed E-state index contributed by atoms with van der Waals surface area (Å²) >= 11 is 1.14. The lowest BCUT2D eigenvalue weighted by molar-refractivity contribution is -0.384. The standard InChI is InChI=1S/C28H21N3O6S/c1-17-4-2-5-18(14-17)16-37-22-10-8-19(9-11-22)25(32)23-24(20-6-3-7-21(15-20)31(35)36)30(27(34)26(23)33)28-29-12-13-38-28/h2-15,24,32H,16H2,1H3/t24-/m0/s1. The molecular weight excluding hydrogens is 506 g/mol. The predicted molar refractivity (Wildman–Crippen MR) is 142 cm³/mol. The molecule has 0 bridgehead atoms. The van der Waals surface area contributed by atoms with Crippen LogP contribution in [0.4, 0.5) is 10.8 Å². The summed E-state index contributed by atoms with van der Waals surface area (Å²) in [4.78, 5) is 42.5. The summed E-state index contributed by atoms with van der Waals surface area (Å²) < 4.78 is 5.84. The molecule has 1 amide bonds. The molecule has 3 aromatic carbocycles. The Balaban J connectivity index is 1.52. The van der Waals surface area contributed by atoms with Crippen LogP contribution < -0.4 is 9.64 Å². The number of thiazole rings is 1. The summed E-state index contributed by atoms with van der Waals surface area (Å²) in [5, 5.41) is 24.5. The van der Waals surface area contributed by atoms with E-state index in [-0.39, 0.29) is 16.4 Å². The number of aromatic nitrogens is 1. The summed E-state index contributed by atoms with van der Waals surface area (Å²) in [6.07, 6.45) is 1.49. The summed E-state index contributed by atoms with van der Waals surface area (Å²) in [6, 6.07) is 19.0. The molecule has 0 radical (unpaired) electrons. The van der Waals surface area contributed by atoms with Crippen molar-refractivity contribution >= 4 is 39.6 Å². The van der Waals surface area contributed by atoms with Crippen LogP contribution in [0.2, 0.25) is 0 Å². The number of Topliss-reactive ketones (excluding diaryl/α,β-unsaturated/α-hetero) is 1. The molecule has 0 unspecified atom stereocenters. The van der Waals surface area contributed by atoms with Crippen molar-refractivity contribution in [1.82, 2.24) is 4.98 Å². The average molecular weight is 528 g/mol. The van der Waals surface area contributed by atoms with Crippen molar-refractivity contribution in [1.29, 1.82) is 0 Å². The topological polar surface area (TPSA) is 123 Å². The Hall–Kier alpha value is -4.83. The van der Waals surface area contributed by atoms with Crippen LogP contribution in [0, 0.1) is 17.0 Å². The molecule has 9 nitrogen and oxygen atoms in total. The van der Waals surface area contributed by atoms with Gasteiger partial charge in [0.1, 0.15) is 18.1 Å². The third-order valence-corrected chi connectivity index (χ3v) is 6.85. The number of nitrogens with zero attached hydrogens (tertiary/aromatic N) is 3. The highest BCUT2D eigenvalue weighted by atomic mass is 32.1. The van der Waals surface area contributed by atoms with E-state index in [0.29, 0.717) is 23.5 Å². The summed E-state index contributed by atoms with van der Waals surface area (Å²) in [5.41, 5.74) is 2.34. The first kappa shape index (κ1) is 24.8. The van der Waals surface area contributed by atoms with Gasteiger partial charge in [0.25, 0.3) is 11.5 Å². The summed E-state index contributed by atoms with van der Waals surface area (Å²) in [6.45, 7) is 2.36. The van der Waals surface area contributed by atoms with E-state index >= 15 is 0 Å². The van der Waals surface area contributed by atoms with E-state index in [1.807, 2.05) is 31.2 Å². The fraction of sp³-hybridized carbons (Fsp3) is 0.107. The van der Waals surface area contributed by atoms with E-state index in [4.69, 9.17) is 4.74 Å². The molecule has 0 aliphatic carbocycles. The number of ether oxygens (including phenoxy) is 1. The summed E-state index contributed by atoms with van der Waals surface area (Å²) in [5.74, 6) is -1.63. The van der Waals surface area contributed by atoms with Crippen molar-refractivity contribution in [3.63, 3.8) is 0 Å². The monoisotopic (exact) mass is 527 g/mol. The second-order valence-corrected chi connectivity index (χ2v) is 9.51. The van der Waals surface area contributed by atoms with Gasteiger partial charge in [0.05, 0.1) is 16.5 Å². The lowest BCUT2D eigenvalue weighted by Gasteiger charge is -2.22. The molecule has 1 saturated heterocycles. The third kappa shape index (κ3) is 4.76. The first-order chi connectivity index (χ1) is 18.3. The highest BCUT2D eigenvalue weighted by Crippen LogP contribution is 2.43. The molecule has 1 aliphatic heterocycles. The Morgan fingerprint density at radius 2 is 1.87 bits per heavy atom. The second-order valence-electron chi connectivity index (χ2n) is 8.64. The van der Waals surface area contributed by atoms with Crippen molar-refractivity contribution in [2.24, 2.45) is 0 Å². The van der Waals surface area contributed by atoms with Crippen LogP contribution >= 0.6 is 11.3 Å². The molecule has 4 aromatic rings. The van der Waals surface area contributed by atoms with Crippen LogP contribution in [0.25, 0.3) is 5.76 Å². The van der Waals surface area contributed by atoms with Crippen molar-refractivity contribution in [3.05, 3.63) is 122 Å². The normalized spacial score (nSPS) is 16.6. The number of hydrogen-bond donors (Lipinski definition) is 1. The minimum Gasteiger partial charge on any atom is -0.507 e. The number of nitro benzene ring substituents is 1. The minimum atomic E-state index is -1.10. The van der Waals surface area contributed by atoms with Gasteiger partial charge < -0.3 is 9.84 Å². The lowest BCUT2D eigenvalue weighted by Crippen LogP contribution is -2.29. The van der Waals surface area contributed by atoms with Crippen molar-refractivity contribution in [2.45, 2.75) is 19.6 Å². The van der Waals surface area contributed by atoms with Gasteiger partial charge in [0.15, 0.2) is 5.13 Å². The average Bonchev–Trinajstić information content (AvgIpc) is 3.54. The van der Waals surface area contributed by atoms with Crippen LogP contribution in [-0.2, 0) is 16.2 Å². The number of carbonyl (C=O) groups is 2. The van der Waals surface area contributed by atoms with E-state index in [2.05, 4.69) is 4.98 Å². The Morgan fingerprint density at radius 3 is 2.55 bits per heavy atom. The van der Waals surface area contributed by atoms with Gasteiger partial charge in [0, 0.05) is 29.3 Å². The number of carbonyl (C=O) groups excluding carboxylic acids is 2. The highest BCUT2D eigenvalue weighted by Gasteiger charge is 2.48. The Labute approximate surface area is 221 Å². The molecule has 1 aromatic heterocycles. The van der Waals surface area contributed by atoms with Crippen LogP contribution in [0.5, 0.6) is 5.75 Å². The van der Waals surface area contributed by atoms with Gasteiger partial charge >= 0.3 is 5.91 Å². The predicted octanol–water partition coefficient (Wildman–Crippen LogP) is 5.57. The fourth-order valence-corrected chi connectivity index (χ4v) is 4.99. The van der Waals surface area contributed by atoms with Crippen LogP contribution in [0.1, 0.15) is 28.3 Å². The lowest BCUT2D eigenvalue weighted by atomic mass is 9.95. The van der Waals surface area contributed by atoms with Crippen molar-refractivity contribution < 1.29 is 24.4 Å². The maximum Gasteiger partial charge on any atom is 0.301 e. The number of anilines is 1. The molecule has 1 N–H and O–H groups in total. The van der Waals surface area contributed by atoms with Crippen LogP contribution in [-0.4, -0.2) is 26.7 Å². The van der Waals surface area contributed by atoms with Gasteiger partial charge in [-0.3, -0.25) is 24.6 Å². The number of ketones is 1. The highest BCUT2D eigenvalue weighted by molar-refractivity contribution is 7.14. The molecule has 1 fully saturated rings. The minimum absolute atomic E-state index is 0.181. The Morgan fingerprint density at radius 1 is 1.11 bits per heavy atom. The zero-order valence-electron chi connectivity index (χ0n) is 20.1. The number of aryl methyl sites for hydroxylation is 1. The maximum absolute atomic E-state index is 13.2. The zero-order valence-corrected chi connectivity index (χ0v) is 20.9. The summed E-state index contributed by atoms with van der Waals surface area (Å²) in [7, 11) is 0. The number of rotatable bonds is 7. The molecule has 5 rings (SSSR count). The largest absolute Gasteiger partial charge is 0.507 e. The molecular formula is C28H21N3O6S. The Kier molecular flexibility index (Phi) is 6.71. The smallest absolute Gasteiger partial charge is 0.301 e. The SMILES string of the molecule is Cc1cccc(COc2ccc(C(O)=C3C(=O)C(=O)N(c4nccs4)[C@H]3c3cccc([N+](=O)[O-])c3)cc2)c1. The van der Waals surface area contributed by atoms with Crippen LogP contribution in [0.15, 0.2) is 89.9 Å². The van der Waals surface area contributed by atoms with Gasteiger partial charge in [-0.15, -0.1) is 11.3 Å². The number of non-ortho nitro benzene ring substituents is 1. The molecule has 0 saturated carbocycles. The number of nitro groups is 1. The van der Waals surface area contributed by atoms with Gasteiger partial charge in [-0.05, 0) is 42.3 Å². The molecule has 38 heavy (non-hydrogen) atoms. The van der Waals surface area contributed by atoms with E-state index in [9.17, 15) is 24.8 Å². The molecule has 1 atom stereocenters. The van der Waals surface area contributed by atoms with E-state index in [1.54, 1.807) is 35.7 Å². The van der Waals surface area contributed by atoms with Gasteiger partial charge in [-0.25, -0.2) is 4.98 Å². The Bertz CT molecular complexity index is 1560. The van der Waals surface area contributed by atoms with E-state index in [1.165, 1.54) is 24.4 Å². The third-order valence-electron chi connectivity index (χ3n) is 6.08. The molecule has 190 valence electrons. The molecule has 2 heterocycles. The van der Waals surface area contributed by atoms with Gasteiger partial charge in [0.2, 0.25) is 0 Å². The number of aliphatic hydroxyl groups is 1. The molecule has 1 aliphatic rings. The van der Waals surface area contributed by atoms with Gasteiger partial charge in [-0.2, -0.15) is 0 Å². The number of benzene rings is 3. The quantitative estimate of drug-likeness (QED) is 0.110. The molecule has 0 spiro atoms. The van der Waals surface area contributed by atoms with Crippen molar-refractivity contribution in [2.75, 3.05) is 4.90 Å². The van der Waals surface area contributed by atoms with Crippen LogP contribution in [0.3, 0.4) is 0 Å². The number of hydrogen-bond acceptors (Lipinski definition) is 8. The van der Waals surface area contributed by atoms with E-state index in [0.717, 1.165) is 27.4 Å². The van der Waals surface area contributed by atoms with E-state index < -0.39 is 28.4 Å².